The van der Waals surface area contributed by atoms with Crippen molar-refractivity contribution in [3.05, 3.63) is 58.4 Å². The molecular weight excluding hydrogens is 372 g/mol. The predicted octanol–water partition coefficient (Wildman–Crippen LogP) is 2.96. The van der Waals surface area contributed by atoms with Gasteiger partial charge in [0.25, 0.3) is 5.69 Å². The number of hydrogen-bond donors (Lipinski definition) is 1. The second kappa shape index (κ2) is 7.96. The van der Waals surface area contributed by atoms with Crippen LogP contribution in [-0.2, 0) is 11.5 Å². The number of nitrogens with one attached hydrogen (secondary N) is 1. The van der Waals surface area contributed by atoms with Gasteiger partial charge in [-0.1, -0.05) is 6.07 Å². The number of pyridine rings is 1. The number of benzene rings is 1. The van der Waals surface area contributed by atoms with Crippen LogP contribution in [0.4, 0.5) is 11.5 Å². The van der Waals surface area contributed by atoms with Crippen LogP contribution in [0.1, 0.15) is 18.5 Å². The molecule has 4 rings (SSSR count). The SMILES string of the molecule is Cc1cccc(NC(=O)C2CCN(Cn3ncc4ccc([N+](=O)[O-])cc43)CC2)n1. The molecule has 1 saturated heterocycles. The van der Waals surface area contributed by atoms with Crippen LogP contribution < -0.4 is 5.32 Å². The fourth-order valence-corrected chi connectivity index (χ4v) is 3.65. The van der Waals surface area contributed by atoms with Crippen LogP contribution in [0.5, 0.6) is 0 Å². The minimum absolute atomic E-state index is 0.00270. The number of carbonyl (C=O) groups is 1. The number of amides is 1. The molecule has 1 aliphatic heterocycles. The van der Waals surface area contributed by atoms with Crippen molar-refractivity contribution in [2.75, 3.05) is 18.4 Å². The smallest absolute Gasteiger partial charge is 0.271 e. The molecule has 0 atom stereocenters. The molecule has 0 radical (unpaired) electrons. The first kappa shape index (κ1) is 19.0. The highest BCUT2D eigenvalue weighted by Crippen LogP contribution is 2.23. The van der Waals surface area contributed by atoms with Gasteiger partial charge in [-0.2, -0.15) is 5.10 Å². The van der Waals surface area contributed by atoms with Gasteiger partial charge in [-0.25, -0.2) is 4.98 Å². The lowest BCUT2D eigenvalue weighted by atomic mass is 9.96. The van der Waals surface area contributed by atoms with E-state index in [0.717, 1.165) is 42.5 Å². The van der Waals surface area contributed by atoms with Gasteiger partial charge < -0.3 is 5.32 Å². The van der Waals surface area contributed by atoms with E-state index in [1.165, 1.54) is 6.07 Å². The van der Waals surface area contributed by atoms with Crippen LogP contribution in [-0.4, -0.2) is 43.6 Å². The molecule has 3 aromatic rings. The monoisotopic (exact) mass is 394 g/mol. The van der Waals surface area contributed by atoms with Gasteiger partial charge in [0.15, 0.2) is 0 Å². The number of likely N-dealkylation sites (tertiary alicyclic amines) is 1. The van der Waals surface area contributed by atoms with E-state index in [1.807, 2.05) is 19.1 Å². The van der Waals surface area contributed by atoms with Crippen LogP contribution >= 0.6 is 0 Å². The molecule has 1 aromatic carbocycles. The largest absolute Gasteiger partial charge is 0.310 e. The van der Waals surface area contributed by atoms with Crippen molar-refractivity contribution in [3.63, 3.8) is 0 Å². The Balaban J connectivity index is 1.36. The molecule has 0 aliphatic carbocycles. The maximum absolute atomic E-state index is 12.5. The van der Waals surface area contributed by atoms with Crippen LogP contribution in [0.3, 0.4) is 0 Å². The molecule has 1 N–H and O–H groups in total. The van der Waals surface area contributed by atoms with Crippen molar-refractivity contribution in [2.24, 2.45) is 5.92 Å². The summed E-state index contributed by atoms with van der Waals surface area (Å²) in [4.78, 5) is 29.7. The fraction of sp³-hybridized carbons (Fsp3) is 0.350. The summed E-state index contributed by atoms with van der Waals surface area (Å²) < 4.78 is 1.78. The predicted molar refractivity (Wildman–Crippen MR) is 108 cm³/mol. The molecule has 9 nitrogen and oxygen atoms in total. The number of aryl methyl sites for hydroxylation is 1. The van der Waals surface area contributed by atoms with Gasteiger partial charge in [-0.3, -0.25) is 24.5 Å². The molecule has 150 valence electrons. The van der Waals surface area contributed by atoms with Crippen molar-refractivity contribution in [1.82, 2.24) is 19.7 Å². The van der Waals surface area contributed by atoms with Crippen molar-refractivity contribution in [2.45, 2.75) is 26.4 Å². The third kappa shape index (κ3) is 4.24. The summed E-state index contributed by atoms with van der Waals surface area (Å²) in [5, 5.41) is 19.2. The van der Waals surface area contributed by atoms with E-state index in [-0.39, 0.29) is 17.5 Å². The number of carbonyl (C=O) groups excluding carboxylic acids is 1. The number of non-ortho nitro benzene ring substituents is 1. The summed E-state index contributed by atoms with van der Waals surface area (Å²) in [5.74, 6) is 0.536. The Labute approximate surface area is 167 Å². The van der Waals surface area contributed by atoms with Gasteiger partial charge >= 0.3 is 0 Å². The second-order valence-corrected chi connectivity index (χ2v) is 7.33. The molecule has 0 unspecified atom stereocenters. The van der Waals surface area contributed by atoms with E-state index in [9.17, 15) is 14.9 Å². The minimum atomic E-state index is -0.399. The Morgan fingerprint density at radius 3 is 2.79 bits per heavy atom. The van der Waals surface area contributed by atoms with E-state index in [1.54, 1.807) is 29.1 Å². The zero-order valence-corrected chi connectivity index (χ0v) is 16.1. The molecule has 1 amide bonds. The molecule has 0 saturated carbocycles. The maximum atomic E-state index is 12.5. The van der Waals surface area contributed by atoms with Gasteiger partial charge in [0.2, 0.25) is 5.91 Å². The quantitative estimate of drug-likeness (QED) is 0.527. The molecule has 2 aromatic heterocycles. The summed E-state index contributed by atoms with van der Waals surface area (Å²) in [6, 6.07) is 10.3. The van der Waals surface area contributed by atoms with Crippen molar-refractivity contribution >= 4 is 28.3 Å². The average molecular weight is 394 g/mol. The highest BCUT2D eigenvalue weighted by atomic mass is 16.6. The van der Waals surface area contributed by atoms with Crippen molar-refractivity contribution in [1.29, 1.82) is 0 Å². The Morgan fingerprint density at radius 1 is 1.28 bits per heavy atom. The van der Waals surface area contributed by atoms with Gasteiger partial charge in [0.1, 0.15) is 5.82 Å². The number of nitro benzene ring substituents is 1. The van der Waals surface area contributed by atoms with Crippen molar-refractivity contribution < 1.29 is 9.72 Å². The summed E-state index contributed by atoms with van der Waals surface area (Å²) in [6.45, 7) is 3.95. The number of hydrogen-bond acceptors (Lipinski definition) is 6. The number of nitrogens with zero attached hydrogens (tertiary/aromatic N) is 5. The number of nitro groups is 1. The molecule has 1 aliphatic rings. The first-order valence-electron chi connectivity index (χ1n) is 9.56. The van der Waals surface area contributed by atoms with E-state index < -0.39 is 4.92 Å². The average Bonchev–Trinajstić information content (AvgIpc) is 3.10. The zero-order valence-electron chi connectivity index (χ0n) is 16.1. The van der Waals surface area contributed by atoms with Crippen LogP contribution in [0.2, 0.25) is 0 Å². The van der Waals surface area contributed by atoms with Gasteiger partial charge in [-0.05, 0) is 38.0 Å². The molecule has 0 spiro atoms. The first-order valence-corrected chi connectivity index (χ1v) is 9.56. The third-order valence-electron chi connectivity index (χ3n) is 5.27. The summed E-state index contributed by atoms with van der Waals surface area (Å²) >= 11 is 0. The van der Waals surface area contributed by atoms with E-state index >= 15 is 0 Å². The Morgan fingerprint density at radius 2 is 2.07 bits per heavy atom. The third-order valence-corrected chi connectivity index (χ3v) is 5.27. The topological polar surface area (TPSA) is 106 Å². The summed E-state index contributed by atoms with van der Waals surface area (Å²) in [7, 11) is 0. The van der Waals surface area contributed by atoms with Crippen LogP contribution in [0.25, 0.3) is 10.9 Å². The lowest BCUT2D eigenvalue weighted by Crippen LogP contribution is -2.39. The summed E-state index contributed by atoms with van der Waals surface area (Å²) in [6.07, 6.45) is 3.21. The molecular formula is C20H22N6O3. The Kier molecular flexibility index (Phi) is 5.22. The normalized spacial score (nSPS) is 15.5. The molecule has 1 fully saturated rings. The lowest BCUT2D eigenvalue weighted by Gasteiger charge is -2.31. The number of aromatic nitrogens is 3. The standard InChI is InChI=1S/C20H22N6O3/c1-14-3-2-4-19(22-14)23-20(27)15-7-9-24(10-8-15)13-25-18-11-17(26(28)29)6-5-16(18)12-21-25/h2-6,11-12,15H,7-10,13H2,1H3,(H,22,23,27). The Hall–Kier alpha value is -3.33. The van der Waals surface area contributed by atoms with Gasteiger partial charge in [0, 0.05) is 42.2 Å². The highest BCUT2D eigenvalue weighted by molar-refractivity contribution is 5.91. The van der Waals surface area contributed by atoms with Gasteiger partial charge in [-0.15, -0.1) is 0 Å². The van der Waals surface area contributed by atoms with Gasteiger partial charge in [0.05, 0.1) is 23.3 Å². The summed E-state index contributed by atoms with van der Waals surface area (Å²) in [5.41, 5.74) is 1.66. The van der Waals surface area contributed by atoms with E-state index in [4.69, 9.17) is 0 Å². The molecule has 0 bridgehead atoms. The number of rotatable bonds is 5. The Bertz CT molecular complexity index is 1060. The molecule has 29 heavy (non-hydrogen) atoms. The van der Waals surface area contributed by atoms with E-state index in [2.05, 4.69) is 20.3 Å². The van der Waals surface area contributed by atoms with Crippen LogP contribution in [0.15, 0.2) is 42.6 Å². The minimum Gasteiger partial charge on any atom is -0.310 e. The number of fused-ring (bicyclic) bond motifs is 1. The van der Waals surface area contributed by atoms with E-state index in [0.29, 0.717) is 12.5 Å². The van der Waals surface area contributed by atoms with Crippen LogP contribution in [0, 0.1) is 23.0 Å². The number of piperidine rings is 1. The second-order valence-electron chi connectivity index (χ2n) is 7.33. The fourth-order valence-electron chi connectivity index (χ4n) is 3.65. The first-order chi connectivity index (χ1) is 14.0. The van der Waals surface area contributed by atoms with Crippen molar-refractivity contribution in [3.8, 4) is 0 Å². The lowest BCUT2D eigenvalue weighted by molar-refractivity contribution is -0.384. The molecule has 3 heterocycles. The number of anilines is 1. The maximum Gasteiger partial charge on any atom is 0.271 e. The highest BCUT2D eigenvalue weighted by Gasteiger charge is 2.25. The molecule has 9 heteroatoms. The zero-order chi connectivity index (χ0) is 20.4.